The van der Waals surface area contributed by atoms with Crippen LogP contribution in [-0.2, 0) is 0 Å². The molecule has 1 aliphatic rings. The first-order valence-corrected chi connectivity index (χ1v) is 5.82. The molecule has 1 aromatic rings. The van der Waals surface area contributed by atoms with E-state index in [2.05, 4.69) is 38.1 Å². The molecular weight excluding hydrogens is 168 g/mol. The molecule has 2 rings (SSSR count). The molecular formula is C14H20. The Morgan fingerprint density at radius 1 is 1.07 bits per heavy atom. The second-order valence-corrected chi connectivity index (χ2v) is 4.87. The van der Waals surface area contributed by atoms with Crippen molar-refractivity contribution in [2.45, 2.75) is 45.4 Å². The summed E-state index contributed by atoms with van der Waals surface area (Å²) in [7, 11) is 0. The fraction of sp³-hybridized carbons (Fsp3) is 0.571. The minimum atomic E-state index is 0.839. The van der Waals surface area contributed by atoms with Crippen molar-refractivity contribution in [3.05, 3.63) is 35.4 Å². The van der Waals surface area contributed by atoms with Gasteiger partial charge >= 0.3 is 0 Å². The largest absolute Gasteiger partial charge is 0.0625 e. The van der Waals surface area contributed by atoms with E-state index >= 15 is 0 Å². The van der Waals surface area contributed by atoms with Crippen LogP contribution in [0.15, 0.2) is 24.3 Å². The monoisotopic (exact) mass is 188 g/mol. The zero-order valence-corrected chi connectivity index (χ0v) is 9.29. The van der Waals surface area contributed by atoms with Crippen LogP contribution in [0.25, 0.3) is 0 Å². The summed E-state index contributed by atoms with van der Waals surface area (Å²) in [5.41, 5.74) is 2.97. The van der Waals surface area contributed by atoms with Gasteiger partial charge in [-0.15, -0.1) is 0 Å². The van der Waals surface area contributed by atoms with E-state index in [1.807, 2.05) is 0 Å². The summed E-state index contributed by atoms with van der Waals surface area (Å²) in [6.07, 6.45) is 5.62. The highest BCUT2D eigenvalue weighted by atomic mass is 14.2. The summed E-state index contributed by atoms with van der Waals surface area (Å²) >= 11 is 0. The quantitative estimate of drug-likeness (QED) is 0.616. The van der Waals surface area contributed by atoms with Crippen molar-refractivity contribution in [2.24, 2.45) is 5.92 Å². The summed E-state index contributed by atoms with van der Waals surface area (Å²) in [6.45, 7) is 4.57. The number of aryl methyl sites for hydroxylation is 1. The Morgan fingerprint density at radius 2 is 1.79 bits per heavy atom. The van der Waals surface area contributed by atoms with E-state index < -0.39 is 0 Å². The Hall–Kier alpha value is -0.780. The number of benzene rings is 1. The van der Waals surface area contributed by atoms with Crippen LogP contribution in [-0.4, -0.2) is 0 Å². The molecule has 0 radical (unpaired) electrons. The normalized spacial score (nSPS) is 27.6. The first-order chi connectivity index (χ1) is 6.75. The third-order valence-electron chi connectivity index (χ3n) is 3.53. The van der Waals surface area contributed by atoms with E-state index in [9.17, 15) is 0 Å². The van der Waals surface area contributed by atoms with Crippen molar-refractivity contribution in [1.29, 1.82) is 0 Å². The van der Waals surface area contributed by atoms with Crippen LogP contribution < -0.4 is 0 Å². The Morgan fingerprint density at radius 3 is 2.43 bits per heavy atom. The molecule has 14 heavy (non-hydrogen) atoms. The summed E-state index contributed by atoms with van der Waals surface area (Å²) in [5, 5.41) is 0. The van der Waals surface area contributed by atoms with E-state index in [1.54, 1.807) is 5.56 Å². The van der Waals surface area contributed by atoms with Gasteiger partial charge in [0, 0.05) is 0 Å². The number of hydrogen-bond acceptors (Lipinski definition) is 0. The summed E-state index contributed by atoms with van der Waals surface area (Å²) in [4.78, 5) is 0. The Bertz CT molecular complexity index is 293. The molecule has 0 saturated heterocycles. The molecule has 0 spiro atoms. The Balaban J connectivity index is 2.08. The van der Waals surface area contributed by atoms with Gasteiger partial charge in [-0.2, -0.15) is 0 Å². The van der Waals surface area contributed by atoms with Gasteiger partial charge in [0.25, 0.3) is 0 Å². The smallest absolute Gasteiger partial charge is 0.0162 e. The van der Waals surface area contributed by atoms with E-state index in [0.717, 1.165) is 11.8 Å². The first-order valence-electron chi connectivity index (χ1n) is 5.82. The maximum Gasteiger partial charge on any atom is -0.0162 e. The molecule has 1 aliphatic carbocycles. The third kappa shape index (κ3) is 2.17. The van der Waals surface area contributed by atoms with Gasteiger partial charge in [-0.3, -0.25) is 0 Å². The van der Waals surface area contributed by atoms with E-state index in [0.29, 0.717) is 0 Å². The van der Waals surface area contributed by atoms with Gasteiger partial charge in [-0.1, -0.05) is 49.6 Å². The van der Waals surface area contributed by atoms with Crippen LogP contribution in [0.2, 0.25) is 0 Å². The molecule has 0 amide bonds. The number of rotatable bonds is 1. The van der Waals surface area contributed by atoms with Crippen LogP contribution in [0.1, 0.15) is 49.7 Å². The lowest BCUT2D eigenvalue weighted by atomic mass is 9.79. The van der Waals surface area contributed by atoms with Gasteiger partial charge in [0.05, 0.1) is 0 Å². The van der Waals surface area contributed by atoms with Crippen molar-refractivity contribution in [2.75, 3.05) is 0 Å². The molecule has 0 aromatic heterocycles. The van der Waals surface area contributed by atoms with Crippen molar-refractivity contribution < 1.29 is 0 Å². The van der Waals surface area contributed by atoms with Gasteiger partial charge < -0.3 is 0 Å². The molecule has 0 bridgehead atoms. The summed E-state index contributed by atoms with van der Waals surface area (Å²) < 4.78 is 0. The molecule has 1 aromatic carbocycles. The fourth-order valence-electron chi connectivity index (χ4n) is 2.52. The van der Waals surface area contributed by atoms with Gasteiger partial charge in [0.1, 0.15) is 0 Å². The lowest BCUT2D eigenvalue weighted by Crippen LogP contribution is -2.10. The average molecular weight is 188 g/mol. The van der Waals surface area contributed by atoms with E-state index in [1.165, 1.54) is 31.2 Å². The lowest BCUT2D eigenvalue weighted by Gasteiger charge is -2.26. The molecule has 0 heterocycles. The average Bonchev–Trinajstić information content (AvgIpc) is 2.19. The maximum absolute atomic E-state index is 2.38. The molecule has 1 fully saturated rings. The topological polar surface area (TPSA) is 0 Å². The second-order valence-electron chi connectivity index (χ2n) is 4.87. The summed E-state index contributed by atoms with van der Waals surface area (Å²) in [6, 6.07) is 9.05. The zero-order valence-electron chi connectivity index (χ0n) is 9.29. The first kappa shape index (κ1) is 9.76. The predicted octanol–water partition coefficient (Wildman–Crippen LogP) is 4.29. The van der Waals surface area contributed by atoms with E-state index in [-0.39, 0.29) is 0 Å². The predicted molar refractivity (Wildman–Crippen MR) is 61.6 cm³/mol. The molecule has 0 unspecified atom stereocenters. The lowest BCUT2D eigenvalue weighted by molar-refractivity contribution is 0.348. The van der Waals surface area contributed by atoms with Crippen molar-refractivity contribution in [1.82, 2.24) is 0 Å². The third-order valence-corrected chi connectivity index (χ3v) is 3.53. The Kier molecular flexibility index (Phi) is 2.90. The highest BCUT2D eigenvalue weighted by Crippen LogP contribution is 2.35. The highest BCUT2D eigenvalue weighted by molar-refractivity contribution is 5.25. The maximum atomic E-state index is 2.38. The molecule has 1 saturated carbocycles. The zero-order chi connectivity index (χ0) is 9.97. The minimum absolute atomic E-state index is 0.839. The molecule has 0 atom stereocenters. The molecule has 0 heteroatoms. The van der Waals surface area contributed by atoms with Crippen LogP contribution in [0, 0.1) is 12.8 Å². The number of hydrogen-bond donors (Lipinski definition) is 0. The van der Waals surface area contributed by atoms with Crippen LogP contribution >= 0.6 is 0 Å². The van der Waals surface area contributed by atoms with Crippen LogP contribution in [0.5, 0.6) is 0 Å². The Labute approximate surface area is 87.3 Å². The standard InChI is InChI=1S/C14H20/c1-11-6-8-13(9-7-11)14-5-3-4-12(2)10-14/h3-5,10-11,13H,6-9H2,1-2H3. The molecule has 76 valence electrons. The fourth-order valence-corrected chi connectivity index (χ4v) is 2.52. The molecule has 0 N–H and O–H groups in total. The van der Waals surface area contributed by atoms with Crippen molar-refractivity contribution in [3.8, 4) is 0 Å². The van der Waals surface area contributed by atoms with Gasteiger partial charge in [-0.25, -0.2) is 0 Å². The van der Waals surface area contributed by atoms with Gasteiger partial charge in [0.15, 0.2) is 0 Å². The second kappa shape index (κ2) is 4.16. The summed E-state index contributed by atoms with van der Waals surface area (Å²) in [5.74, 6) is 1.79. The molecule has 0 nitrogen and oxygen atoms in total. The van der Waals surface area contributed by atoms with Crippen LogP contribution in [0.4, 0.5) is 0 Å². The molecule has 0 aliphatic heterocycles. The highest BCUT2D eigenvalue weighted by Gasteiger charge is 2.19. The van der Waals surface area contributed by atoms with Gasteiger partial charge in [-0.05, 0) is 37.2 Å². The van der Waals surface area contributed by atoms with Gasteiger partial charge in [0.2, 0.25) is 0 Å². The van der Waals surface area contributed by atoms with Crippen LogP contribution in [0.3, 0.4) is 0 Å². The minimum Gasteiger partial charge on any atom is -0.0625 e. The van der Waals surface area contributed by atoms with E-state index in [4.69, 9.17) is 0 Å². The van der Waals surface area contributed by atoms with Crippen molar-refractivity contribution in [3.63, 3.8) is 0 Å². The SMILES string of the molecule is Cc1cccc(C2CCC(C)CC2)c1. The van der Waals surface area contributed by atoms with Crippen molar-refractivity contribution >= 4 is 0 Å².